The van der Waals surface area contributed by atoms with E-state index in [9.17, 15) is 14.0 Å². The number of amides is 2. The SMILES string of the molecule is O=C1CCC(C(=O)NCCCSc2ccc(F)cc2)N1. The molecule has 1 atom stereocenters. The predicted octanol–water partition coefficient (Wildman–Crippen LogP) is 1.70. The third kappa shape index (κ3) is 4.52. The van der Waals surface area contributed by atoms with Gasteiger partial charge in [0.1, 0.15) is 11.9 Å². The molecule has 1 aliphatic heterocycles. The molecule has 1 heterocycles. The Morgan fingerprint density at radius 3 is 2.80 bits per heavy atom. The monoisotopic (exact) mass is 296 g/mol. The van der Waals surface area contributed by atoms with Gasteiger partial charge in [-0.2, -0.15) is 0 Å². The molecule has 4 nitrogen and oxygen atoms in total. The molecule has 1 aromatic rings. The van der Waals surface area contributed by atoms with Crippen molar-refractivity contribution in [3.8, 4) is 0 Å². The molecule has 0 radical (unpaired) electrons. The second-order valence-corrected chi connectivity index (χ2v) is 5.77. The normalized spacial score (nSPS) is 17.9. The fraction of sp³-hybridized carbons (Fsp3) is 0.429. The van der Waals surface area contributed by atoms with Crippen LogP contribution in [-0.2, 0) is 9.59 Å². The molecule has 2 amide bonds. The van der Waals surface area contributed by atoms with Crippen molar-refractivity contribution >= 4 is 23.6 Å². The first-order chi connectivity index (χ1) is 9.65. The molecule has 0 aromatic heterocycles. The minimum absolute atomic E-state index is 0.0583. The molecule has 0 spiro atoms. The van der Waals surface area contributed by atoms with Gasteiger partial charge in [-0.15, -0.1) is 11.8 Å². The van der Waals surface area contributed by atoms with E-state index in [1.54, 1.807) is 23.9 Å². The zero-order chi connectivity index (χ0) is 14.4. The van der Waals surface area contributed by atoms with Crippen molar-refractivity contribution in [1.29, 1.82) is 0 Å². The number of halogens is 1. The molecular weight excluding hydrogens is 279 g/mol. The Labute approximate surface area is 121 Å². The number of carbonyl (C=O) groups excluding carboxylic acids is 2. The van der Waals surface area contributed by atoms with Gasteiger partial charge in [0.25, 0.3) is 0 Å². The van der Waals surface area contributed by atoms with Crippen molar-refractivity contribution in [3.63, 3.8) is 0 Å². The van der Waals surface area contributed by atoms with Crippen LogP contribution in [-0.4, -0.2) is 30.2 Å². The van der Waals surface area contributed by atoms with Crippen LogP contribution in [0, 0.1) is 5.82 Å². The molecule has 1 fully saturated rings. The number of rotatable bonds is 6. The minimum atomic E-state index is -0.368. The summed E-state index contributed by atoms with van der Waals surface area (Å²) in [5, 5.41) is 5.45. The number of hydrogen-bond donors (Lipinski definition) is 2. The molecule has 0 aliphatic carbocycles. The molecule has 20 heavy (non-hydrogen) atoms. The summed E-state index contributed by atoms with van der Waals surface area (Å²) in [6.07, 6.45) is 1.84. The molecule has 6 heteroatoms. The molecule has 2 N–H and O–H groups in total. The largest absolute Gasteiger partial charge is 0.354 e. The molecule has 1 saturated heterocycles. The van der Waals surface area contributed by atoms with Gasteiger partial charge in [-0.05, 0) is 42.9 Å². The maximum atomic E-state index is 12.7. The highest BCUT2D eigenvalue weighted by atomic mass is 32.2. The standard InChI is InChI=1S/C14H17FN2O2S/c15-10-2-4-11(5-3-10)20-9-1-8-16-14(19)12-6-7-13(18)17-12/h2-5,12H,1,6-9H2,(H,16,19)(H,17,18). The van der Waals surface area contributed by atoms with E-state index in [2.05, 4.69) is 10.6 Å². The fourth-order valence-electron chi connectivity index (χ4n) is 1.94. The van der Waals surface area contributed by atoms with Crippen LogP contribution in [0.5, 0.6) is 0 Å². The van der Waals surface area contributed by atoms with Crippen molar-refractivity contribution < 1.29 is 14.0 Å². The van der Waals surface area contributed by atoms with Gasteiger partial charge in [0, 0.05) is 17.9 Å². The Morgan fingerprint density at radius 2 is 2.15 bits per heavy atom. The van der Waals surface area contributed by atoms with Crippen LogP contribution in [0.15, 0.2) is 29.2 Å². The zero-order valence-electron chi connectivity index (χ0n) is 11.0. The Morgan fingerprint density at radius 1 is 1.40 bits per heavy atom. The van der Waals surface area contributed by atoms with E-state index in [-0.39, 0.29) is 23.7 Å². The van der Waals surface area contributed by atoms with E-state index in [0.29, 0.717) is 19.4 Å². The summed E-state index contributed by atoms with van der Waals surface area (Å²) in [6.45, 7) is 0.583. The lowest BCUT2D eigenvalue weighted by molar-refractivity contribution is -0.125. The lowest BCUT2D eigenvalue weighted by Gasteiger charge is -2.10. The molecule has 0 bridgehead atoms. The van der Waals surface area contributed by atoms with Gasteiger partial charge in [0.15, 0.2) is 0 Å². The van der Waals surface area contributed by atoms with E-state index < -0.39 is 0 Å². The highest BCUT2D eigenvalue weighted by Crippen LogP contribution is 2.18. The van der Waals surface area contributed by atoms with Gasteiger partial charge in [0.2, 0.25) is 11.8 Å². The number of thioether (sulfide) groups is 1. The quantitative estimate of drug-likeness (QED) is 0.620. The van der Waals surface area contributed by atoms with Crippen LogP contribution in [0.25, 0.3) is 0 Å². The highest BCUT2D eigenvalue weighted by molar-refractivity contribution is 7.99. The first-order valence-corrected chi connectivity index (χ1v) is 7.59. The Bertz CT molecular complexity index is 479. The maximum Gasteiger partial charge on any atom is 0.242 e. The Balaban J connectivity index is 1.58. The maximum absolute atomic E-state index is 12.7. The van der Waals surface area contributed by atoms with Crippen LogP contribution >= 0.6 is 11.8 Å². The van der Waals surface area contributed by atoms with Crippen LogP contribution in [0.2, 0.25) is 0 Å². The summed E-state index contributed by atoms with van der Waals surface area (Å²) in [4.78, 5) is 23.7. The van der Waals surface area contributed by atoms with Crippen molar-refractivity contribution in [1.82, 2.24) is 10.6 Å². The molecule has 1 aliphatic rings. The topological polar surface area (TPSA) is 58.2 Å². The van der Waals surface area contributed by atoms with E-state index in [1.165, 1.54) is 12.1 Å². The van der Waals surface area contributed by atoms with Crippen LogP contribution in [0.1, 0.15) is 19.3 Å². The Hall–Kier alpha value is -1.56. The van der Waals surface area contributed by atoms with Crippen LogP contribution < -0.4 is 10.6 Å². The van der Waals surface area contributed by atoms with Gasteiger partial charge in [0.05, 0.1) is 0 Å². The van der Waals surface area contributed by atoms with Crippen molar-refractivity contribution in [2.45, 2.75) is 30.2 Å². The van der Waals surface area contributed by atoms with E-state index >= 15 is 0 Å². The van der Waals surface area contributed by atoms with E-state index in [4.69, 9.17) is 0 Å². The second kappa shape index (κ2) is 7.28. The summed E-state index contributed by atoms with van der Waals surface area (Å²) in [5.41, 5.74) is 0. The average molecular weight is 296 g/mol. The summed E-state index contributed by atoms with van der Waals surface area (Å²) >= 11 is 1.63. The lowest BCUT2D eigenvalue weighted by Crippen LogP contribution is -2.41. The molecular formula is C14H17FN2O2S. The van der Waals surface area contributed by atoms with Crippen molar-refractivity contribution in [2.24, 2.45) is 0 Å². The average Bonchev–Trinajstić information content (AvgIpc) is 2.87. The number of benzene rings is 1. The van der Waals surface area contributed by atoms with Gasteiger partial charge >= 0.3 is 0 Å². The summed E-state index contributed by atoms with van der Waals surface area (Å²) in [5.74, 6) is 0.447. The van der Waals surface area contributed by atoms with Crippen LogP contribution in [0.3, 0.4) is 0 Å². The third-order valence-electron chi connectivity index (χ3n) is 3.01. The minimum Gasteiger partial charge on any atom is -0.354 e. The fourth-order valence-corrected chi connectivity index (χ4v) is 2.79. The number of carbonyl (C=O) groups is 2. The van der Waals surface area contributed by atoms with Gasteiger partial charge in [-0.3, -0.25) is 9.59 Å². The molecule has 2 rings (SSSR count). The molecule has 108 valence electrons. The summed E-state index contributed by atoms with van der Waals surface area (Å²) in [7, 11) is 0. The van der Waals surface area contributed by atoms with Crippen molar-refractivity contribution in [2.75, 3.05) is 12.3 Å². The van der Waals surface area contributed by atoms with E-state index in [1.807, 2.05) is 0 Å². The smallest absolute Gasteiger partial charge is 0.242 e. The second-order valence-electron chi connectivity index (χ2n) is 4.61. The summed E-state index contributed by atoms with van der Waals surface area (Å²) < 4.78 is 12.7. The third-order valence-corrected chi connectivity index (χ3v) is 4.11. The lowest BCUT2D eigenvalue weighted by atomic mass is 10.2. The first-order valence-electron chi connectivity index (χ1n) is 6.60. The van der Waals surface area contributed by atoms with E-state index in [0.717, 1.165) is 17.1 Å². The Kier molecular flexibility index (Phi) is 5.40. The van der Waals surface area contributed by atoms with Gasteiger partial charge in [-0.1, -0.05) is 0 Å². The molecule has 0 saturated carbocycles. The predicted molar refractivity (Wildman–Crippen MR) is 75.9 cm³/mol. The van der Waals surface area contributed by atoms with Crippen molar-refractivity contribution in [3.05, 3.63) is 30.1 Å². The number of hydrogen-bond acceptors (Lipinski definition) is 3. The van der Waals surface area contributed by atoms with Crippen LogP contribution in [0.4, 0.5) is 4.39 Å². The highest BCUT2D eigenvalue weighted by Gasteiger charge is 2.26. The summed E-state index contributed by atoms with van der Waals surface area (Å²) in [6, 6.07) is 5.99. The first kappa shape index (κ1) is 14.8. The number of nitrogens with one attached hydrogen (secondary N) is 2. The van der Waals surface area contributed by atoms with Gasteiger partial charge in [-0.25, -0.2) is 4.39 Å². The zero-order valence-corrected chi connectivity index (χ0v) is 11.8. The van der Waals surface area contributed by atoms with Gasteiger partial charge < -0.3 is 10.6 Å². The molecule has 1 aromatic carbocycles. The molecule has 1 unspecified atom stereocenters.